The summed E-state index contributed by atoms with van der Waals surface area (Å²) in [6, 6.07) is 5.49. The summed E-state index contributed by atoms with van der Waals surface area (Å²) < 4.78 is 0.397. The van der Waals surface area contributed by atoms with Gasteiger partial charge in [-0.25, -0.2) is 0 Å². The number of phenolic OH excluding ortho intramolecular Hbond substituents is 1. The van der Waals surface area contributed by atoms with Crippen LogP contribution in [-0.4, -0.2) is 22.7 Å². The van der Waals surface area contributed by atoms with Gasteiger partial charge < -0.3 is 10.4 Å². The average Bonchev–Trinajstić information content (AvgIpc) is 2.84. The fourth-order valence-electron chi connectivity index (χ4n) is 2.60. The molecule has 1 aromatic carbocycles. The molecule has 0 aromatic heterocycles. The minimum Gasteiger partial charge on any atom is -0.506 e. The lowest BCUT2D eigenvalue weighted by Crippen LogP contribution is -2.34. The number of nitrogens with one attached hydrogen (secondary N) is 1. The number of thioether (sulfide) groups is 1. The van der Waals surface area contributed by atoms with Gasteiger partial charge in [-0.2, -0.15) is 11.8 Å². The third kappa shape index (κ3) is 3.14. The van der Waals surface area contributed by atoms with Gasteiger partial charge in [0.05, 0.1) is 5.02 Å². The third-order valence-corrected chi connectivity index (χ3v) is 5.50. The van der Waals surface area contributed by atoms with Gasteiger partial charge in [0.25, 0.3) is 0 Å². The first kappa shape index (κ1) is 14.0. The minimum absolute atomic E-state index is 0.205. The summed E-state index contributed by atoms with van der Waals surface area (Å²) >= 11 is 7.86. The summed E-state index contributed by atoms with van der Waals surface area (Å²) in [4.78, 5) is 0. The predicted molar refractivity (Wildman–Crippen MR) is 79.5 cm³/mol. The zero-order valence-corrected chi connectivity index (χ0v) is 12.3. The Balaban J connectivity index is 1.90. The maximum absolute atomic E-state index is 9.83. The van der Waals surface area contributed by atoms with Gasteiger partial charge >= 0.3 is 0 Å². The van der Waals surface area contributed by atoms with Crippen LogP contribution in [0.3, 0.4) is 0 Å². The van der Waals surface area contributed by atoms with Crippen molar-refractivity contribution in [3.63, 3.8) is 0 Å². The van der Waals surface area contributed by atoms with Crippen LogP contribution >= 0.6 is 23.4 Å². The predicted octanol–water partition coefficient (Wildman–Crippen LogP) is 3.81. The van der Waals surface area contributed by atoms with E-state index in [1.807, 2.05) is 23.9 Å². The van der Waals surface area contributed by atoms with Crippen LogP contribution < -0.4 is 5.32 Å². The lowest BCUT2D eigenvalue weighted by atomic mass is 10.1. The van der Waals surface area contributed by atoms with E-state index in [4.69, 9.17) is 11.6 Å². The van der Waals surface area contributed by atoms with Gasteiger partial charge in [0.1, 0.15) is 5.75 Å². The topological polar surface area (TPSA) is 32.3 Å². The van der Waals surface area contributed by atoms with E-state index >= 15 is 0 Å². The standard InChI is InChI=1S/C14H20ClNOS/c1-18-14(7-2-3-8-14)10-16-9-11-5-4-6-12(15)13(11)17/h4-6,16-17H,2-3,7-10H2,1H3. The Morgan fingerprint density at radius 1 is 1.39 bits per heavy atom. The molecular formula is C14H20ClNOS. The van der Waals surface area contributed by atoms with Gasteiger partial charge in [-0.3, -0.25) is 0 Å². The Labute approximate surface area is 118 Å². The van der Waals surface area contributed by atoms with E-state index in [-0.39, 0.29) is 5.75 Å². The molecule has 1 fully saturated rings. The van der Waals surface area contributed by atoms with Crippen LogP contribution in [0.2, 0.25) is 5.02 Å². The first-order valence-corrected chi connectivity index (χ1v) is 7.99. The number of rotatable bonds is 5. The van der Waals surface area contributed by atoms with Gasteiger partial charge in [-0.15, -0.1) is 0 Å². The highest BCUT2D eigenvalue weighted by atomic mass is 35.5. The van der Waals surface area contributed by atoms with Crippen LogP contribution in [0.25, 0.3) is 0 Å². The van der Waals surface area contributed by atoms with E-state index in [1.165, 1.54) is 25.7 Å². The Morgan fingerprint density at radius 3 is 2.78 bits per heavy atom. The number of hydrogen-bond donors (Lipinski definition) is 2. The van der Waals surface area contributed by atoms with Crippen LogP contribution in [0, 0.1) is 0 Å². The molecule has 0 spiro atoms. The van der Waals surface area contributed by atoms with Crippen molar-refractivity contribution in [2.75, 3.05) is 12.8 Å². The van der Waals surface area contributed by atoms with Crippen molar-refractivity contribution in [1.29, 1.82) is 0 Å². The van der Waals surface area contributed by atoms with E-state index in [0.29, 0.717) is 16.3 Å². The lowest BCUT2D eigenvalue weighted by molar-refractivity contribution is 0.460. The van der Waals surface area contributed by atoms with E-state index in [2.05, 4.69) is 11.6 Å². The molecule has 2 nitrogen and oxygen atoms in total. The van der Waals surface area contributed by atoms with Crippen molar-refractivity contribution >= 4 is 23.4 Å². The van der Waals surface area contributed by atoms with Gasteiger partial charge in [-0.1, -0.05) is 36.6 Å². The zero-order valence-electron chi connectivity index (χ0n) is 10.7. The Kier molecular flexibility index (Phi) is 4.82. The largest absolute Gasteiger partial charge is 0.506 e. The van der Waals surface area contributed by atoms with E-state index < -0.39 is 0 Å². The van der Waals surface area contributed by atoms with Gasteiger partial charge in [0.2, 0.25) is 0 Å². The van der Waals surface area contributed by atoms with Crippen molar-refractivity contribution in [3.8, 4) is 5.75 Å². The summed E-state index contributed by atoms with van der Waals surface area (Å²) in [6.45, 7) is 1.68. The van der Waals surface area contributed by atoms with Crippen LogP contribution in [0.5, 0.6) is 5.75 Å². The fraction of sp³-hybridized carbons (Fsp3) is 0.571. The molecule has 0 unspecified atom stereocenters. The molecule has 2 rings (SSSR count). The second-order valence-electron chi connectivity index (χ2n) is 4.95. The van der Waals surface area contributed by atoms with Gasteiger partial charge in [-0.05, 0) is 25.2 Å². The van der Waals surface area contributed by atoms with Crippen molar-refractivity contribution in [2.24, 2.45) is 0 Å². The molecule has 0 bridgehead atoms. The molecule has 0 heterocycles. The minimum atomic E-state index is 0.205. The SMILES string of the molecule is CSC1(CNCc2cccc(Cl)c2O)CCCC1. The summed E-state index contributed by atoms with van der Waals surface area (Å²) in [5.74, 6) is 0.205. The number of halogens is 1. The molecule has 2 N–H and O–H groups in total. The molecule has 100 valence electrons. The van der Waals surface area contributed by atoms with E-state index in [0.717, 1.165) is 12.1 Å². The first-order chi connectivity index (χ1) is 8.67. The number of benzene rings is 1. The Bertz CT molecular complexity index is 405. The summed E-state index contributed by atoms with van der Waals surface area (Å²) in [5.41, 5.74) is 0.872. The first-order valence-electron chi connectivity index (χ1n) is 6.39. The summed E-state index contributed by atoms with van der Waals surface area (Å²) in [5, 5.41) is 13.7. The Hall–Kier alpha value is -0.380. The average molecular weight is 286 g/mol. The fourth-order valence-corrected chi connectivity index (χ4v) is 3.74. The Morgan fingerprint density at radius 2 is 2.11 bits per heavy atom. The van der Waals surface area contributed by atoms with E-state index in [9.17, 15) is 5.11 Å². The molecule has 1 aromatic rings. The summed E-state index contributed by atoms with van der Waals surface area (Å²) in [7, 11) is 0. The highest BCUT2D eigenvalue weighted by molar-refractivity contribution is 8.00. The normalized spacial score (nSPS) is 18.1. The number of hydrogen-bond acceptors (Lipinski definition) is 3. The number of para-hydroxylation sites is 1. The maximum atomic E-state index is 9.83. The van der Waals surface area contributed by atoms with Crippen LogP contribution in [0.1, 0.15) is 31.2 Å². The van der Waals surface area contributed by atoms with Crippen molar-refractivity contribution < 1.29 is 5.11 Å². The summed E-state index contributed by atoms with van der Waals surface area (Å²) in [6.07, 6.45) is 7.46. The second-order valence-corrected chi connectivity index (χ2v) is 6.63. The van der Waals surface area contributed by atoms with Crippen LogP contribution in [0.15, 0.2) is 18.2 Å². The molecule has 0 saturated heterocycles. The molecule has 0 aliphatic heterocycles. The monoisotopic (exact) mass is 285 g/mol. The highest BCUT2D eigenvalue weighted by Crippen LogP contribution is 2.39. The molecule has 1 aliphatic rings. The van der Waals surface area contributed by atoms with Crippen molar-refractivity contribution in [1.82, 2.24) is 5.32 Å². The molecular weight excluding hydrogens is 266 g/mol. The van der Waals surface area contributed by atoms with Crippen molar-refractivity contribution in [3.05, 3.63) is 28.8 Å². The molecule has 18 heavy (non-hydrogen) atoms. The number of phenols is 1. The van der Waals surface area contributed by atoms with Crippen LogP contribution in [-0.2, 0) is 6.54 Å². The quantitative estimate of drug-likeness (QED) is 0.863. The second kappa shape index (κ2) is 6.18. The molecule has 1 aliphatic carbocycles. The van der Waals surface area contributed by atoms with Crippen molar-refractivity contribution in [2.45, 2.75) is 37.0 Å². The van der Waals surface area contributed by atoms with Gasteiger partial charge in [0.15, 0.2) is 0 Å². The smallest absolute Gasteiger partial charge is 0.138 e. The highest BCUT2D eigenvalue weighted by Gasteiger charge is 2.32. The zero-order chi connectivity index (χ0) is 13.0. The van der Waals surface area contributed by atoms with Crippen LogP contribution in [0.4, 0.5) is 0 Å². The molecule has 4 heteroatoms. The lowest BCUT2D eigenvalue weighted by Gasteiger charge is -2.27. The molecule has 0 amide bonds. The maximum Gasteiger partial charge on any atom is 0.138 e. The third-order valence-electron chi connectivity index (χ3n) is 3.78. The van der Waals surface area contributed by atoms with Gasteiger partial charge in [0, 0.05) is 23.4 Å². The number of aromatic hydroxyl groups is 1. The van der Waals surface area contributed by atoms with E-state index in [1.54, 1.807) is 6.07 Å². The molecule has 0 radical (unpaired) electrons. The molecule has 1 saturated carbocycles. The molecule has 0 atom stereocenters.